The summed E-state index contributed by atoms with van der Waals surface area (Å²) in [6.07, 6.45) is 12.4. The number of piperidine rings is 1. The first-order chi connectivity index (χ1) is 16.0. The molecule has 0 bridgehead atoms. The molecule has 6 heteroatoms. The Labute approximate surface area is 207 Å². The number of fused-ring (bicyclic) bond motifs is 6. The summed E-state index contributed by atoms with van der Waals surface area (Å²) in [4.78, 5) is 0. The third kappa shape index (κ3) is 3.52. The summed E-state index contributed by atoms with van der Waals surface area (Å²) in [6.45, 7) is 10.9. The van der Waals surface area contributed by atoms with E-state index in [-0.39, 0.29) is 11.6 Å². The van der Waals surface area contributed by atoms with E-state index >= 15 is 0 Å². The first-order valence-electron chi connectivity index (χ1n) is 14.1. The molecule has 2 saturated heterocycles. The van der Waals surface area contributed by atoms with Gasteiger partial charge in [-0.25, -0.2) is 13.1 Å². The highest BCUT2D eigenvalue weighted by molar-refractivity contribution is 7.88. The van der Waals surface area contributed by atoms with Gasteiger partial charge in [0.15, 0.2) is 0 Å². The third-order valence-corrected chi connectivity index (χ3v) is 12.6. The van der Waals surface area contributed by atoms with E-state index < -0.39 is 10.0 Å². The molecule has 5 nitrogen and oxygen atoms in total. The van der Waals surface area contributed by atoms with E-state index in [0.717, 1.165) is 43.6 Å². The average Bonchev–Trinajstić information content (AvgIpc) is 3.27. The van der Waals surface area contributed by atoms with Gasteiger partial charge in [0.05, 0.1) is 18.0 Å². The molecule has 3 saturated carbocycles. The summed E-state index contributed by atoms with van der Waals surface area (Å²) >= 11 is 0. The van der Waals surface area contributed by atoms with Crippen LogP contribution in [0.5, 0.6) is 0 Å². The number of allylic oxidation sites excluding steroid dienone is 1. The zero-order valence-corrected chi connectivity index (χ0v) is 22.7. The Morgan fingerprint density at radius 1 is 1.09 bits per heavy atom. The van der Waals surface area contributed by atoms with E-state index in [4.69, 9.17) is 4.74 Å². The largest absolute Gasteiger partial charge is 0.365 e. The zero-order valence-electron chi connectivity index (χ0n) is 21.9. The number of sulfonamides is 1. The van der Waals surface area contributed by atoms with Gasteiger partial charge in [-0.05, 0) is 112 Å². The molecule has 2 aliphatic heterocycles. The van der Waals surface area contributed by atoms with Crippen molar-refractivity contribution in [2.45, 2.75) is 109 Å². The van der Waals surface area contributed by atoms with Gasteiger partial charge in [0.2, 0.25) is 10.0 Å². The minimum Gasteiger partial charge on any atom is -0.365 e. The van der Waals surface area contributed by atoms with Crippen LogP contribution in [-0.2, 0) is 14.8 Å². The second kappa shape index (κ2) is 8.03. The van der Waals surface area contributed by atoms with Crippen LogP contribution >= 0.6 is 0 Å². The molecule has 0 aromatic rings. The Hall–Kier alpha value is -0.430. The Morgan fingerprint density at radius 2 is 1.88 bits per heavy atom. The summed E-state index contributed by atoms with van der Waals surface area (Å²) in [7, 11) is -3.13. The third-order valence-electron chi connectivity index (χ3n) is 11.8. The number of hydrogen-bond acceptors (Lipinski definition) is 4. The van der Waals surface area contributed by atoms with Gasteiger partial charge in [0, 0.05) is 18.0 Å². The highest BCUT2D eigenvalue weighted by atomic mass is 32.2. The second-order valence-electron chi connectivity index (χ2n) is 13.5. The summed E-state index contributed by atoms with van der Waals surface area (Å²) in [5.41, 5.74) is 3.66. The van der Waals surface area contributed by atoms with Crippen molar-refractivity contribution in [1.29, 1.82) is 0 Å². The molecule has 6 rings (SSSR count). The highest BCUT2D eigenvalue weighted by Crippen LogP contribution is 2.66. The molecular formula is C28H46N2O3S. The molecule has 0 radical (unpaired) electrons. The maximum absolute atomic E-state index is 11.9. The number of nitrogens with one attached hydrogen (secondary N) is 2. The van der Waals surface area contributed by atoms with E-state index in [1.807, 2.05) is 0 Å². The van der Waals surface area contributed by atoms with Crippen LogP contribution < -0.4 is 10.0 Å². The first kappa shape index (κ1) is 23.9. The smallest absolute Gasteiger partial charge is 0.208 e. The molecule has 34 heavy (non-hydrogen) atoms. The summed E-state index contributed by atoms with van der Waals surface area (Å²) < 4.78 is 33.7. The standard InChI is InChI=1S/C28H46N2O3S/c1-16-12-25-26(29-15-16)18(3)28(33-25)11-9-21-22-7-6-19-13-20(30-34(5,31)32)8-10-27(19,4)24(22)14-23(21)17(28)2/h16,18-22,24-26,29-30H,6-15H2,1-5H3/t16?,18-,19-,20-,21+,22?,24+,25-,26?,27?,28?/m1/s1. The molecule has 4 aliphatic carbocycles. The predicted molar refractivity (Wildman–Crippen MR) is 136 cm³/mol. The minimum absolute atomic E-state index is 0.0525. The van der Waals surface area contributed by atoms with Gasteiger partial charge >= 0.3 is 0 Å². The first-order valence-corrected chi connectivity index (χ1v) is 16.0. The molecular weight excluding hydrogens is 444 g/mol. The van der Waals surface area contributed by atoms with Crippen molar-refractivity contribution in [3.63, 3.8) is 0 Å². The van der Waals surface area contributed by atoms with Crippen molar-refractivity contribution in [1.82, 2.24) is 10.0 Å². The van der Waals surface area contributed by atoms with Crippen LogP contribution in [0.2, 0.25) is 0 Å². The molecule has 11 atom stereocenters. The SMILES string of the molecule is CC1=C2C[C@H]3C(CC[C@@H]4C[C@H](NS(C)(=O)=O)CCC43C)[C@@H]2CCC12O[C@@H]1CC(C)CNC1[C@H]2C. The fraction of sp³-hybridized carbons (Fsp3) is 0.929. The molecule has 2 heterocycles. The highest BCUT2D eigenvalue weighted by Gasteiger charge is 2.61. The molecule has 0 aromatic heterocycles. The average molecular weight is 491 g/mol. The summed E-state index contributed by atoms with van der Waals surface area (Å²) in [5.74, 6) is 4.22. The van der Waals surface area contributed by atoms with Crippen LogP contribution in [0.25, 0.3) is 0 Å². The van der Waals surface area contributed by atoms with Crippen molar-refractivity contribution in [2.24, 2.45) is 40.9 Å². The molecule has 6 aliphatic rings. The quantitative estimate of drug-likeness (QED) is 0.554. The summed E-state index contributed by atoms with van der Waals surface area (Å²) in [6, 6.07) is 0.634. The Balaban J connectivity index is 1.26. The number of ether oxygens (including phenoxy) is 1. The molecule has 0 aromatic carbocycles. The normalized spacial score (nSPS) is 52.8. The molecule has 1 spiro atoms. The lowest BCUT2D eigenvalue weighted by molar-refractivity contribution is -0.0596. The van der Waals surface area contributed by atoms with Crippen molar-refractivity contribution in [3.05, 3.63) is 11.1 Å². The minimum atomic E-state index is -3.13. The van der Waals surface area contributed by atoms with Crippen molar-refractivity contribution in [2.75, 3.05) is 12.8 Å². The molecule has 0 amide bonds. The Morgan fingerprint density at radius 3 is 2.65 bits per heavy atom. The predicted octanol–water partition coefficient (Wildman–Crippen LogP) is 4.64. The van der Waals surface area contributed by atoms with Crippen molar-refractivity contribution < 1.29 is 13.2 Å². The number of hydrogen-bond donors (Lipinski definition) is 2. The maximum atomic E-state index is 11.9. The molecule has 5 unspecified atom stereocenters. The van der Waals surface area contributed by atoms with Gasteiger partial charge < -0.3 is 10.1 Å². The maximum Gasteiger partial charge on any atom is 0.208 e. The van der Waals surface area contributed by atoms with E-state index in [0.29, 0.717) is 35.3 Å². The topological polar surface area (TPSA) is 67.4 Å². The van der Waals surface area contributed by atoms with Crippen LogP contribution in [0.4, 0.5) is 0 Å². The van der Waals surface area contributed by atoms with Crippen LogP contribution in [-0.4, -0.2) is 45.0 Å². The Kier molecular flexibility index (Phi) is 5.66. The lowest BCUT2D eigenvalue weighted by Crippen LogP contribution is -2.50. The lowest BCUT2D eigenvalue weighted by Gasteiger charge is -2.54. The summed E-state index contributed by atoms with van der Waals surface area (Å²) in [5, 5.41) is 3.85. The fourth-order valence-electron chi connectivity index (χ4n) is 10.1. The van der Waals surface area contributed by atoms with Gasteiger partial charge in [-0.1, -0.05) is 26.3 Å². The zero-order chi connectivity index (χ0) is 24.0. The van der Waals surface area contributed by atoms with Crippen LogP contribution in [0.1, 0.15) is 85.5 Å². The van der Waals surface area contributed by atoms with Gasteiger partial charge in [-0.2, -0.15) is 0 Å². The van der Waals surface area contributed by atoms with Gasteiger partial charge in [-0.15, -0.1) is 0 Å². The van der Waals surface area contributed by atoms with Crippen molar-refractivity contribution in [3.8, 4) is 0 Å². The monoisotopic (exact) mass is 490 g/mol. The van der Waals surface area contributed by atoms with E-state index in [9.17, 15) is 8.42 Å². The van der Waals surface area contributed by atoms with Gasteiger partial charge in [-0.3, -0.25) is 0 Å². The molecule has 5 fully saturated rings. The van der Waals surface area contributed by atoms with Crippen LogP contribution in [0, 0.1) is 40.9 Å². The van der Waals surface area contributed by atoms with E-state index in [2.05, 4.69) is 37.7 Å². The molecule has 2 N–H and O–H groups in total. The lowest BCUT2D eigenvalue weighted by atomic mass is 9.52. The van der Waals surface area contributed by atoms with Crippen LogP contribution in [0.15, 0.2) is 11.1 Å². The number of rotatable bonds is 2. The van der Waals surface area contributed by atoms with Gasteiger partial charge in [0.1, 0.15) is 0 Å². The van der Waals surface area contributed by atoms with E-state index in [1.54, 1.807) is 11.1 Å². The van der Waals surface area contributed by atoms with Gasteiger partial charge in [0.25, 0.3) is 0 Å². The van der Waals surface area contributed by atoms with Crippen LogP contribution in [0.3, 0.4) is 0 Å². The van der Waals surface area contributed by atoms with E-state index in [1.165, 1.54) is 44.8 Å². The molecule has 192 valence electrons. The van der Waals surface area contributed by atoms with Crippen molar-refractivity contribution >= 4 is 10.0 Å². The fourth-order valence-corrected chi connectivity index (χ4v) is 10.9. The second-order valence-corrected chi connectivity index (χ2v) is 15.3. The Bertz CT molecular complexity index is 978.